The normalized spacial score (nSPS) is 34.7. The first-order valence-corrected chi connectivity index (χ1v) is 8.91. The summed E-state index contributed by atoms with van der Waals surface area (Å²) in [5, 5.41) is 4.63. The van der Waals surface area contributed by atoms with Gasteiger partial charge in [0.15, 0.2) is 0 Å². The zero-order valence-electron chi connectivity index (χ0n) is 12.2. The predicted octanol–water partition coefficient (Wildman–Crippen LogP) is 2.98. The Labute approximate surface area is 117 Å². The van der Waals surface area contributed by atoms with E-state index in [1.165, 1.54) is 64.0 Å². The Morgan fingerprint density at radius 3 is 2.89 bits per heavy atom. The van der Waals surface area contributed by atoms with Crippen LogP contribution in [-0.4, -0.2) is 48.1 Å². The molecule has 0 radical (unpaired) electrons. The predicted molar refractivity (Wildman–Crippen MR) is 82.4 cm³/mol. The van der Waals surface area contributed by atoms with Crippen LogP contribution in [0.2, 0.25) is 0 Å². The van der Waals surface area contributed by atoms with Crippen molar-refractivity contribution in [2.45, 2.75) is 57.2 Å². The van der Waals surface area contributed by atoms with Gasteiger partial charge in [-0.2, -0.15) is 11.8 Å². The van der Waals surface area contributed by atoms with Crippen LogP contribution in [0.25, 0.3) is 0 Å². The van der Waals surface area contributed by atoms with Crippen LogP contribution in [0, 0.1) is 5.92 Å². The van der Waals surface area contributed by atoms with Crippen LogP contribution in [0.15, 0.2) is 0 Å². The largest absolute Gasteiger partial charge is 0.314 e. The van der Waals surface area contributed by atoms with Crippen LogP contribution in [-0.2, 0) is 0 Å². The molecule has 0 spiro atoms. The third-order valence-electron chi connectivity index (χ3n) is 4.38. The molecule has 0 amide bonds. The third kappa shape index (κ3) is 4.43. The molecule has 2 aliphatic rings. The fraction of sp³-hybridized carbons (Fsp3) is 1.00. The van der Waals surface area contributed by atoms with Gasteiger partial charge < -0.3 is 10.2 Å². The Hall–Kier alpha value is 0.270. The molecule has 3 unspecified atom stereocenters. The molecule has 18 heavy (non-hydrogen) atoms. The van der Waals surface area contributed by atoms with Gasteiger partial charge >= 0.3 is 0 Å². The van der Waals surface area contributed by atoms with Gasteiger partial charge in [0.1, 0.15) is 0 Å². The van der Waals surface area contributed by atoms with E-state index in [9.17, 15) is 0 Å². The molecule has 1 saturated carbocycles. The summed E-state index contributed by atoms with van der Waals surface area (Å²) >= 11 is 2.14. The smallest absolute Gasteiger partial charge is 0.0147 e. The van der Waals surface area contributed by atoms with Gasteiger partial charge in [-0.05, 0) is 31.7 Å². The van der Waals surface area contributed by atoms with E-state index in [1.54, 1.807) is 0 Å². The van der Waals surface area contributed by atoms with Crippen LogP contribution in [0.3, 0.4) is 0 Å². The fourth-order valence-corrected chi connectivity index (χ4v) is 4.49. The standard InChI is InChI=1S/C15H30N2S/c1-3-8-16-15-7-5-4-6-14(15)12-17-9-10-18-13(2)11-17/h13-16H,3-12H2,1-2H3. The topological polar surface area (TPSA) is 15.3 Å². The highest BCUT2D eigenvalue weighted by Gasteiger charge is 2.27. The highest BCUT2D eigenvalue weighted by atomic mass is 32.2. The second kappa shape index (κ2) is 7.76. The van der Waals surface area contributed by atoms with Crippen LogP contribution in [0.4, 0.5) is 0 Å². The molecule has 2 rings (SSSR count). The Morgan fingerprint density at radius 1 is 1.28 bits per heavy atom. The van der Waals surface area contributed by atoms with Crippen LogP contribution < -0.4 is 5.32 Å². The molecule has 0 aromatic heterocycles. The Kier molecular flexibility index (Phi) is 6.33. The van der Waals surface area contributed by atoms with Crippen LogP contribution in [0.1, 0.15) is 46.0 Å². The van der Waals surface area contributed by atoms with Gasteiger partial charge in [-0.25, -0.2) is 0 Å². The number of rotatable bonds is 5. The van der Waals surface area contributed by atoms with Gasteiger partial charge in [0.2, 0.25) is 0 Å². The van der Waals surface area contributed by atoms with Gasteiger partial charge in [0.25, 0.3) is 0 Å². The van der Waals surface area contributed by atoms with Crippen molar-refractivity contribution in [3.63, 3.8) is 0 Å². The van der Waals surface area contributed by atoms with E-state index in [0.29, 0.717) is 0 Å². The molecule has 1 saturated heterocycles. The van der Waals surface area contributed by atoms with E-state index in [-0.39, 0.29) is 0 Å². The lowest BCUT2D eigenvalue weighted by Gasteiger charge is -2.38. The first-order valence-electron chi connectivity index (χ1n) is 7.87. The SMILES string of the molecule is CCCNC1CCCCC1CN1CCSC(C)C1. The van der Waals surface area contributed by atoms with Gasteiger partial charge in [0, 0.05) is 36.7 Å². The maximum Gasteiger partial charge on any atom is 0.0147 e. The first kappa shape index (κ1) is 14.7. The van der Waals surface area contributed by atoms with Crippen molar-refractivity contribution in [3.8, 4) is 0 Å². The molecular weight excluding hydrogens is 240 g/mol. The second-order valence-electron chi connectivity index (χ2n) is 6.05. The Bertz CT molecular complexity index is 235. The molecule has 1 heterocycles. The summed E-state index contributed by atoms with van der Waals surface area (Å²) < 4.78 is 0. The van der Waals surface area contributed by atoms with E-state index in [4.69, 9.17) is 0 Å². The summed E-state index contributed by atoms with van der Waals surface area (Å²) in [5.41, 5.74) is 0. The van der Waals surface area contributed by atoms with Crippen molar-refractivity contribution in [1.82, 2.24) is 10.2 Å². The lowest BCUT2D eigenvalue weighted by molar-refractivity contribution is 0.172. The zero-order chi connectivity index (χ0) is 12.8. The maximum absolute atomic E-state index is 3.79. The fourth-order valence-electron chi connectivity index (χ4n) is 3.41. The highest BCUT2D eigenvalue weighted by molar-refractivity contribution is 7.99. The number of nitrogens with one attached hydrogen (secondary N) is 1. The lowest BCUT2D eigenvalue weighted by Crippen LogP contribution is -2.47. The minimum Gasteiger partial charge on any atom is -0.314 e. The summed E-state index contributed by atoms with van der Waals surface area (Å²) in [6.07, 6.45) is 7.00. The molecule has 106 valence electrons. The minimum atomic E-state index is 0.795. The molecule has 1 N–H and O–H groups in total. The summed E-state index contributed by atoms with van der Waals surface area (Å²) in [6, 6.07) is 0.795. The van der Waals surface area contributed by atoms with Gasteiger partial charge in [0.05, 0.1) is 0 Å². The average Bonchev–Trinajstić information content (AvgIpc) is 2.38. The number of hydrogen-bond donors (Lipinski definition) is 1. The van der Waals surface area contributed by atoms with Gasteiger partial charge in [-0.3, -0.25) is 0 Å². The Balaban J connectivity index is 1.80. The monoisotopic (exact) mass is 270 g/mol. The number of thioether (sulfide) groups is 1. The van der Waals surface area contributed by atoms with Crippen molar-refractivity contribution < 1.29 is 0 Å². The molecule has 0 aromatic rings. The molecule has 3 heteroatoms. The van der Waals surface area contributed by atoms with E-state index in [2.05, 4.69) is 35.8 Å². The van der Waals surface area contributed by atoms with Crippen molar-refractivity contribution in [2.75, 3.05) is 31.9 Å². The van der Waals surface area contributed by atoms with Crippen LogP contribution in [0.5, 0.6) is 0 Å². The quantitative estimate of drug-likeness (QED) is 0.827. The van der Waals surface area contributed by atoms with Gasteiger partial charge in [-0.15, -0.1) is 0 Å². The van der Waals surface area contributed by atoms with E-state index >= 15 is 0 Å². The van der Waals surface area contributed by atoms with Crippen LogP contribution >= 0.6 is 11.8 Å². The maximum atomic E-state index is 3.79. The van der Waals surface area contributed by atoms with Crippen molar-refractivity contribution in [3.05, 3.63) is 0 Å². The van der Waals surface area contributed by atoms with Crippen molar-refractivity contribution in [2.24, 2.45) is 5.92 Å². The van der Waals surface area contributed by atoms with E-state index in [1.807, 2.05) is 0 Å². The number of hydrogen-bond acceptors (Lipinski definition) is 3. The second-order valence-corrected chi connectivity index (χ2v) is 7.59. The number of nitrogens with zero attached hydrogens (tertiary/aromatic N) is 1. The zero-order valence-corrected chi connectivity index (χ0v) is 13.0. The lowest BCUT2D eigenvalue weighted by atomic mass is 9.84. The summed E-state index contributed by atoms with van der Waals surface area (Å²) in [7, 11) is 0. The molecule has 2 nitrogen and oxygen atoms in total. The molecule has 2 fully saturated rings. The molecule has 1 aliphatic heterocycles. The van der Waals surface area contributed by atoms with Gasteiger partial charge in [-0.1, -0.05) is 26.7 Å². The average molecular weight is 270 g/mol. The van der Waals surface area contributed by atoms with E-state index < -0.39 is 0 Å². The summed E-state index contributed by atoms with van der Waals surface area (Å²) in [6.45, 7) is 9.81. The molecule has 0 bridgehead atoms. The first-order chi connectivity index (χ1) is 8.79. The highest BCUT2D eigenvalue weighted by Crippen LogP contribution is 2.27. The van der Waals surface area contributed by atoms with E-state index in [0.717, 1.165) is 17.2 Å². The molecule has 1 aliphatic carbocycles. The minimum absolute atomic E-state index is 0.795. The van der Waals surface area contributed by atoms with Crippen molar-refractivity contribution in [1.29, 1.82) is 0 Å². The third-order valence-corrected chi connectivity index (χ3v) is 5.52. The summed E-state index contributed by atoms with van der Waals surface area (Å²) in [4.78, 5) is 2.72. The Morgan fingerprint density at radius 2 is 2.11 bits per heavy atom. The molecular formula is C15H30N2S. The molecule has 0 aromatic carbocycles. The summed E-state index contributed by atoms with van der Waals surface area (Å²) in [5.74, 6) is 2.24. The molecule has 3 atom stereocenters. The van der Waals surface area contributed by atoms with Crippen molar-refractivity contribution >= 4 is 11.8 Å².